The molecule has 0 aliphatic rings. The maximum absolute atomic E-state index is 12.4. The number of carboxylic acids is 1. The average Bonchev–Trinajstić information content (AvgIpc) is 2.81. The summed E-state index contributed by atoms with van der Waals surface area (Å²) in [4.78, 5) is 23.3. The van der Waals surface area contributed by atoms with Crippen LogP contribution in [0.3, 0.4) is 0 Å². The lowest BCUT2D eigenvalue weighted by molar-refractivity contribution is 0.0697. The van der Waals surface area contributed by atoms with Crippen molar-refractivity contribution in [1.82, 2.24) is 9.78 Å². The van der Waals surface area contributed by atoms with Crippen LogP contribution in [0.15, 0.2) is 24.4 Å². The summed E-state index contributed by atoms with van der Waals surface area (Å²) in [6, 6.07) is 4.26. The second-order valence-electron chi connectivity index (χ2n) is 5.21. The fourth-order valence-corrected chi connectivity index (χ4v) is 2.33. The highest BCUT2D eigenvalue weighted by atomic mass is 35.5. The number of nitrogens with zero attached hydrogens (tertiary/aromatic N) is 2. The number of hydrogen-bond donors (Lipinski definition) is 2. The molecule has 1 amide bonds. The van der Waals surface area contributed by atoms with E-state index in [2.05, 4.69) is 10.4 Å². The minimum Gasteiger partial charge on any atom is -0.478 e. The Bertz CT molecular complexity index is 738. The molecular weight excluding hydrogens is 306 g/mol. The zero-order chi connectivity index (χ0) is 16.4. The van der Waals surface area contributed by atoms with E-state index in [0.717, 1.165) is 0 Å². The molecule has 1 aromatic carbocycles. The minimum atomic E-state index is -1.11. The lowest BCUT2D eigenvalue weighted by Gasteiger charge is -2.08. The summed E-state index contributed by atoms with van der Waals surface area (Å²) in [5.74, 6) is -1.31. The third kappa shape index (κ3) is 3.28. The Hall–Kier alpha value is -2.34. The van der Waals surface area contributed by atoms with Crippen LogP contribution in [0.4, 0.5) is 5.69 Å². The number of carboxylic acid groups (broad SMARTS) is 1. The van der Waals surface area contributed by atoms with E-state index in [1.807, 2.05) is 13.8 Å². The number of aryl methyl sites for hydroxylation is 1. The quantitative estimate of drug-likeness (QED) is 0.906. The van der Waals surface area contributed by atoms with E-state index in [4.69, 9.17) is 16.7 Å². The van der Waals surface area contributed by atoms with E-state index in [9.17, 15) is 9.59 Å². The smallest absolute Gasteiger partial charge is 0.337 e. The van der Waals surface area contributed by atoms with Gasteiger partial charge in [0.15, 0.2) is 0 Å². The molecule has 0 radical (unpaired) electrons. The summed E-state index contributed by atoms with van der Waals surface area (Å²) in [6.07, 6.45) is 1.65. The predicted octanol–water partition coefficient (Wildman–Crippen LogP) is 3.15. The molecule has 1 heterocycles. The van der Waals surface area contributed by atoms with Gasteiger partial charge in [-0.2, -0.15) is 5.10 Å². The number of carbonyl (C=O) groups is 2. The topological polar surface area (TPSA) is 84.2 Å². The van der Waals surface area contributed by atoms with Crippen molar-refractivity contribution in [2.75, 3.05) is 5.32 Å². The summed E-state index contributed by atoms with van der Waals surface area (Å²) >= 11 is 5.89. The monoisotopic (exact) mass is 321 g/mol. The second-order valence-corrected chi connectivity index (χ2v) is 5.62. The van der Waals surface area contributed by atoms with Crippen molar-refractivity contribution in [2.24, 2.45) is 7.05 Å². The largest absolute Gasteiger partial charge is 0.478 e. The van der Waals surface area contributed by atoms with Crippen molar-refractivity contribution in [1.29, 1.82) is 0 Å². The van der Waals surface area contributed by atoms with Crippen LogP contribution in [0.2, 0.25) is 5.02 Å². The molecule has 0 aliphatic carbocycles. The SMILES string of the molecule is CC(C)c1nn(C)cc1C(=O)Nc1ccc(C(=O)O)c(Cl)c1. The van der Waals surface area contributed by atoms with E-state index in [-0.39, 0.29) is 22.4 Å². The first kappa shape index (κ1) is 16.0. The van der Waals surface area contributed by atoms with Crippen LogP contribution in [-0.2, 0) is 7.05 Å². The van der Waals surface area contributed by atoms with E-state index in [1.54, 1.807) is 17.9 Å². The molecule has 0 aliphatic heterocycles. The fourth-order valence-electron chi connectivity index (χ4n) is 2.07. The highest BCUT2D eigenvalue weighted by Crippen LogP contribution is 2.23. The molecule has 0 saturated heterocycles. The number of hydrogen-bond acceptors (Lipinski definition) is 3. The Kier molecular flexibility index (Phi) is 4.51. The van der Waals surface area contributed by atoms with Gasteiger partial charge in [-0.05, 0) is 24.1 Å². The van der Waals surface area contributed by atoms with Crippen LogP contribution in [-0.4, -0.2) is 26.8 Å². The Balaban J connectivity index is 2.26. The van der Waals surface area contributed by atoms with Crippen LogP contribution >= 0.6 is 11.6 Å². The van der Waals surface area contributed by atoms with Crippen molar-refractivity contribution in [3.05, 3.63) is 46.2 Å². The molecule has 6 nitrogen and oxygen atoms in total. The molecule has 1 aromatic heterocycles. The Morgan fingerprint density at radius 3 is 2.55 bits per heavy atom. The van der Waals surface area contributed by atoms with Gasteiger partial charge in [0.1, 0.15) is 0 Å². The first-order valence-corrected chi connectivity index (χ1v) is 7.05. The molecule has 116 valence electrons. The van der Waals surface area contributed by atoms with Crippen LogP contribution < -0.4 is 5.32 Å². The van der Waals surface area contributed by atoms with Crippen molar-refractivity contribution >= 4 is 29.2 Å². The normalized spacial score (nSPS) is 10.8. The molecule has 0 saturated carbocycles. The number of anilines is 1. The zero-order valence-corrected chi connectivity index (χ0v) is 13.2. The lowest BCUT2D eigenvalue weighted by atomic mass is 10.1. The number of aromatic nitrogens is 2. The van der Waals surface area contributed by atoms with E-state index >= 15 is 0 Å². The Morgan fingerprint density at radius 2 is 2.00 bits per heavy atom. The van der Waals surface area contributed by atoms with Gasteiger partial charge < -0.3 is 10.4 Å². The van der Waals surface area contributed by atoms with E-state index in [1.165, 1.54) is 18.2 Å². The standard InChI is InChI=1S/C15H16ClN3O3/c1-8(2)13-11(7-19(3)18-13)14(20)17-9-4-5-10(15(21)22)12(16)6-9/h4-8H,1-3H3,(H,17,20)(H,21,22). The molecule has 2 rings (SSSR count). The molecule has 2 aromatic rings. The van der Waals surface area contributed by atoms with Gasteiger partial charge >= 0.3 is 5.97 Å². The third-order valence-electron chi connectivity index (χ3n) is 3.11. The van der Waals surface area contributed by atoms with Crippen molar-refractivity contribution < 1.29 is 14.7 Å². The lowest BCUT2D eigenvalue weighted by Crippen LogP contribution is -2.14. The van der Waals surface area contributed by atoms with E-state index < -0.39 is 5.97 Å². The van der Waals surface area contributed by atoms with E-state index in [0.29, 0.717) is 16.9 Å². The summed E-state index contributed by atoms with van der Waals surface area (Å²) < 4.78 is 1.59. The summed E-state index contributed by atoms with van der Waals surface area (Å²) in [5.41, 5.74) is 1.60. The number of halogens is 1. The van der Waals surface area contributed by atoms with Gasteiger partial charge in [0.2, 0.25) is 0 Å². The third-order valence-corrected chi connectivity index (χ3v) is 3.42. The molecule has 0 unspecified atom stereocenters. The van der Waals surface area contributed by atoms with Crippen LogP contribution in [0.25, 0.3) is 0 Å². The van der Waals surface area contributed by atoms with Gasteiger partial charge in [-0.3, -0.25) is 9.48 Å². The maximum Gasteiger partial charge on any atom is 0.337 e. The molecule has 0 bridgehead atoms. The Morgan fingerprint density at radius 1 is 1.32 bits per heavy atom. The number of nitrogens with one attached hydrogen (secondary N) is 1. The average molecular weight is 322 g/mol. The number of carbonyl (C=O) groups excluding carboxylic acids is 1. The van der Waals surface area contributed by atoms with Crippen LogP contribution in [0.1, 0.15) is 46.2 Å². The fraction of sp³-hybridized carbons (Fsp3) is 0.267. The van der Waals surface area contributed by atoms with Crippen molar-refractivity contribution in [3.63, 3.8) is 0 Å². The summed E-state index contributed by atoms with van der Waals surface area (Å²) in [5, 5.41) is 16.0. The molecular formula is C15H16ClN3O3. The second kappa shape index (κ2) is 6.19. The van der Waals surface area contributed by atoms with Gasteiger partial charge in [-0.25, -0.2) is 4.79 Å². The van der Waals surface area contributed by atoms with Crippen molar-refractivity contribution in [2.45, 2.75) is 19.8 Å². The number of rotatable bonds is 4. The molecule has 2 N–H and O–H groups in total. The Labute approximate surface area is 132 Å². The highest BCUT2D eigenvalue weighted by molar-refractivity contribution is 6.33. The minimum absolute atomic E-state index is 0.0103. The predicted molar refractivity (Wildman–Crippen MR) is 83.7 cm³/mol. The van der Waals surface area contributed by atoms with Crippen LogP contribution in [0.5, 0.6) is 0 Å². The van der Waals surface area contributed by atoms with Gasteiger partial charge in [0.25, 0.3) is 5.91 Å². The molecule has 0 spiro atoms. The van der Waals surface area contributed by atoms with Crippen molar-refractivity contribution in [3.8, 4) is 0 Å². The summed E-state index contributed by atoms with van der Waals surface area (Å²) in [6.45, 7) is 3.91. The summed E-state index contributed by atoms with van der Waals surface area (Å²) in [7, 11) is 1.75. The highest BCUT2D eigenvalue weighted by Gasteiger charge is 2.18. The van der Waals surface area contributed by atoms with Gasteiger partial charge in [-0.15, -0.1) is 0 Å². The number of benzene rings is 1. The van der Waals surface area contributed by atoms with Gasteiger partial charge in [0.05, 0.1) is 21.8 Å². The maximum atomic E-state index is 12.4. The van der Waals surface area contributed by atoms with Gasteiger partial charge in [-0.1, -0.05) is 25.4 Å². The first-order valence-electron chi connectivity index (χ1n) is 6.67. The first-order chi connectivity index (χ1) is 10.3. The van der Waals surface area contributed by atoms with Gasteiger partial charge in [0, 0.05) is 18.9 Å². The molecule has 0 fully saturated rings. The van der Waals surface area contributed by atoms with Crippen LogP contribution in [0, 0.1) is 0 Å². The number of aromatic carboxylic acids is 1. The number of amides is 1. The molecule has 0 atom stereocenters. The molecule has 22 heavy (non-hydrogen) atoms. The zero-order valence-electron chi connectivity index (χ0n) is 12.4. The molecule has 7 heteroatoms.